The van der Waals surface area contributed by atoms with Gasteiger partial charge in [0, 0.05) is 29.5 Å². The number of aromatic nitrogens is 1. The van der Waals surface area contributed by atoms with Crippen LogP contribution in [0.15, 0.2) is 30.5 Å². The van der Waals surface area contributed by atoms with Gasteiger partial charge < -0.3 is 11.1 Å². The van der Waals surface area contributed by atoms with Gasteiger partial charge in [-0.05, 0) is 37.0 Å². The van der Waals surface area contributed by atoms with E-state index in [1.807, 2.05) is 6.07 Å². The normalized spacial score (nSPS) is 21.1. The van der Waals surface area contributed by atoms with Crippen LogP contribution in [0.3, 0.4) is 0 Å². The molecule has 0 aliphatic heterocycles. The van der Waals surface area contributed by atoms with Gasteiger partial charge in [0.15, 0.2) is 5.13 Å². The fourth-order valence-corrected chi connectivity index (χ4v) is 3.82. The number of carbonyl (C=O) groups excluding carboxylic acids is 1. The molecule has 23 heavy (non-hydrogen) atoms. The molecule has 1 aromatic carbocycles. The largest absolute Gasteiger partial charge is 0.328 e. The predicted octanol–water partition coefficient (Wildman–Crippen LogP) is 3.33. The number of benzene rings is 1. The molecule has 1 fully saturated rings. The number of hydrogen-bond donors (Lipinski definition) is 2. The van der Waals surface area contributed by atoms with Crippen LogP contribution in [0.2, 0.25) is 0 Å². The van der Waals surface area contributed by atoms with Crippen molar-refractivity contribution < 1.29 is 9.18 Å². The maximum Gasteiger partial charge on any atom is 0.229 e. The van der Waals surface area contributed by atoms with Gasteiger partial charge in [0.25, 0.3) is 0 Å². The van der Waals surface area contributed by atoms with Crippen LogP contribution in [0.1, 0.15) is 36.1 Å². The fourth-order valence-electron chi connectivity index (χ4n) is 2.97. The Morgan fingerprint density at radius 1 is 1.43 bits per heavy atom. The SMILES string of the molecule is NC1CCCC(C(=O)Nc2ncc(Cc3cccc(F)c3)s2)C1. The molecular formula is C17H20FN3OS. The molecule has 1 saturated carbocycles. The van der Waals surface area contributed by atoms with Crippen molar-refractivity contribution >= 4 is 22.4 Å². The van der Waals surface area contributed by atoms with Crippen molar-refractivity contribution in [2.24, 2.45) is 11.7 Å². The molecule has 1 aliphatic rings. The highest BCUT2D eigenvalue weighted by Gasteiger charge is 2.25. The Morgan fingerprint density at radius 3 is 3.09 bits per heavy atom. The summed E-state index contributed by atoms with van der Waals surface area (Å²) in [6.07, 6.45) is 5.98. The van der Waals surface area contributed by atoms with Crippen LogP contribution in [-0.4, -0.2) is 16.9 Å². The molecule has 0 saturated heterocycles. The number of halogens is 1. The van der Waals surface area contributed by atoms with E-state index in [0.29, 0.717) is 11.6 Å². The van der Waals surface area contributed by atoms with Crippen molar-refractivity contribution in [1.29, 1.82) is 0 Å². The van der Waals surface area contributed by atoms with Crippen LogP contribution in [0.5, 0.6) is 0 Å². The Hall–Kier alpha value is -1.79. The molecule has 122 valence electrons. The lowest BCUT2D eigenvalue weighted by molar-refractivity contribution is -0.120. The number of amides is 1. The molecule has 0 spiro atoms. The first-order chi connectivity index (χ1) is 11.1. The van der Waals surface area contributed by atoms with Crippen LogP contribution in [0.25, 0.3) is 0 Å². The second kappa shape index (κ2) is 7.19. The number of nitrogens with one attached hydrogen (secondary N) is 1. The van der Waals surface area contributed by atoms with Crippen LogP contribution >= 0.6 is 11.3 Å². The van der Waals surface area contributed by atoms with Gasteiger partial charge in [-0.3, -0.25) is 4.79 Å². The quantitative estimate of drug-likeness (QED) is 0.902. The maximum atomic E-state index is 13.2. The Kier molecular flexibility index (Phi) is 5.03. The van der Waals surface area contributed by atoms with E-state index in [1.165, 1.54) is 23.5 Å². The van der Waals surface area contributed by atoms with E-state index in [4.69, 9.17) is 5.73 Å². The topological polar surface area (TPSA) is 68.0 Å². The molecule has 1 heterocycles. The molecule has 1 aliphatic carbocycles. The van der Waals surface area contributed by atoms with E-state index < -0.39 is 0 Å². The van der Waals surface area contributed by atoms with Gasteiger partial charge in [-0.2, -0.15) is 0 Å². The van der Waals surface area contributed by atoms with E-state index in [9.17, 15) is 9.18 Å². The summed E-state index contributed by atoms with van der Waals surface area (Å²) < 4.78 is 13.2. The molecule has 4 nitrogen and oxygen atoms in total. The number of nitrogens with two attached hydrogens (primary N) is 1. The van der Waals surface area contributed by atoms with Gasteiger partial charge in [-0.1, -0.05) is 18.6 Å². The minimum atomic E-state index is -0.242. The Labute approximate surface area is 138 Å². The van der Waals surface area contributed by atoms with Gasteiger partial charge in [0.2, 0.25) is 5.91 Å². The number of thiazole rings is 1. The maximum absolute atomic E-state index is 13.2. The summed E-state index contributed by atoms with van der Waals surface area (Å²) in [5, 5.41) is 3.49. The van der Waals surface area contributed by atoms with Crippen molar-refractivity contribution in [1.82, 2.24) is 4.98 Å². The first-order valence-electron chi connectivity index (χ1n) is 7.86. The zero-order valence-corrected chi connectivity index (χ0v) is 13.6. The third kappa shape index (κ3) is 4.36. The third-order valence-corrected chi connectivity index (χ3v) is 5.05. The highest BCUT2D eigenvalue weighted by Crippen LogP contribution is 2.26. The van der Waals surface area contributed by atoms with Crippen molar-refractivity contribution in [3.63, 3.8) is 0 Å². The highest BCUT2D eigenvalue weighted by molar-refractivity contribution is 7.15. The summed E-state index contributed by atoms with van der Waals surface area (Å²) in [6, 6.07) is 6.64. The average Bonchev–Trinajstić information content (AvgIpc) is 2.94. The molecular weight excluding hydrogens is 313 g/mol. The standard InChI is InChI=1S/C17H20FN3OS/c18-13-5-1-3-11(7-13)8-15-10-20-17(23-15)21-16(22)12-4-2-6-14(19)9-12/h1,3,5,7,10,12,14H,2,4,6,8-9,19H2,(H,20,21,22). The molecule has 6 heteroatoms. The van der Waals surface area contributed by atoms with Gasteiger partial charge in [-0.15, -0.1) is 11.3 Å². The van der Waals surface area contributed by atoms with E-state index >= 15 is 0 Å². The monoisotopic (exact) mass is 333 g/mol. The van der Waals surface area contributed by atoms with Gasteiger partial charge in [0.05, 0.1) is 0 Å². The Balaban J connectivity index is 1.59. The number of hydrogen-bond acceptors (Lipinski definition) is 4. The minimum absolute atomic E-state index is 0.00630. The number of rotatable bonds is 4. The van der Waals surface area contributed by atoms with E-state index in [-0.39, 0.29) is 23.7 Å². The van der Waals surface area contributed by atoms with Crippen LogP contribution in [0, 0.1) is 11.7 Å². The van der Waals surface area contributed by atoms with Crippen molar-refractivity contribution in [3.05, 3.63) is 46.7 Å². The van der Waals surface area contributed by atoms with Crippen molar-refractivity contribution in [2.45, 2.75) is 38.1 Å². The van der Waals surface area contributed by atoms with Crippen LogP contribution in [-0.2, 0) is 11.2 Å². The molecule has 0 radical (unpaired) electrons. The highest BCUT2D eigenvalue weighted by atomic mass is 32.1. The lowest BCUT2D eigenvalue weighted by Crippen LogP contribution is -2.34. The first kappa shape index (κ1) is 16.1. The predicted molar refractivity (Wildman–Crippen MR) is 89.9 cm³/mol. The van der Waals surface area contributed by atoms with Crippen LogP contribution < -0.4 is 11.1 Å². The molecule has 1 amide bonds. The summed E-state index contributed by atoms with van der Waals surface area (Å²) in [5.41, 5.74) is 6.83. The lowest BCUT2D eigenvalue weighted by Gasteiger charge is -2.25. The minimum Gasteiger partial charge on any atom is -0.328 e. The summed E-state index contributed by atoms with van der Waals surface area (Å²) in [4.78, 5) is 17.5. The number of nitrogens with zero attached hydrogens (tertiary/aromatic N) is 1. The lowest BCUT2D eigenvalue weighted by atomic mass is 9.86. The second-order valence-corrected chi connectivity index (χ2v) is 7.17. The van der Waals surface area contributed by atoms with E-state index in [0.717, 1.165) is 36.1 Å². The molecule has 3 N–H and O–H groups in total. The summed E-state index contributed by atoms with van der Waals surface area (Å²) in [7, 11) is 0. The summed E-state index contributed by atoms with van der Waals surface area (Å²) >= 11 is 1.43. The fraction of sp³-hybridized carbons (Fsp3) is 0.412. The zero-order chi connectivity index (χ0) is 16.2. The molecule has 3 rings (SSSR count). The second-order valence-electron chi connectivity index (χ2n) is 6.05. The van der Waals surface area contributed by atoms with Crippen molar-refractivity contribution in [3.8, 4) is 0 Å². The van der Waals surface area contributed by atoms with Gasteiger partial charge in [0.1, 0.15) is 5.82 Å². The van der Waals surface area contributed by atoms with Crippen molar-refractivity contribution in [2.75, 3.05) is 5.32 Å². The third-order valence-electron chi connectivity index (χ3n) is 4.14. The van der Waals surface area contributed by atoms with E-state index in [2.05, 4.69) is 10.3 Å². The summed E-state index contributed by atoms with van der Waals surface area (Å²) in [6.45, 7) is 0. The Bertz CT molecular complexity index is 688. The van der Waals surface area contributed by atoms with Gasteiger partial charge >= 0.3 is 0 Å². The first-order valence-corrected chi connectivity index (χ1v) is 8.67. The molecule has 2 aromatic rings. The van der Waals surface area contributed by atoms with Crippen LogP contribution in [0.4, 0.5) is 9.52 Å². The summed E-state index contributed by atoms with van der Waals surface area (Å²) in [5.74, 6) is -0.254. The van der Waals surface area contributed by atoms with E-state index in [1.54, 1.807) is 12.3 Å². The number of carbonyl (C=O) groups is 1. The average molecular weight is 333 g/mol. The Morgan fingerprint density at radius 2 is 2.30 bits per heavy atom. The number of anilines is 1. The zero-order valence-electron chi connectivity index (χ0n) is 12.8. The molecule has 0 bridgehead atoms. The molecule has 2 atom stereocenters. The molecule has 2 unspecified atom stereocenters. The molecule has 1 aromatic heterocycles. The van der Waals surface area contributed by atoms with Gasteiger partial charge in [-0.25, -0.2) is 9.37 Å². The smallest absolute Gasteiger partial charge is 0.229 e.